The van der Waals surface area contributed by atoms with E-state index in [2.05, 4.69) is 35.1 Å². The molecule has 0 spiro atoms. The van der Waals surface area contributed by atoms with E-state index < -0.39 is 11.5 Å². The molecule has 1 N–H and O–H groups in total. The van der Waals surface area contributed by atoms with Crippen molar-refractivity contribution < 1.29 is 8.83 Å². The molecule has 6 heterocycles. The summed E-state index contributed by atoms with van der Waals surface area (Å²) in [6.45, 7) is 3.67. The van der Waals surface area contributed by atoms with Crippen molar-refractivity contribution in [1.29, 1.82) is 0 Å². The quantitative estimate of drug-likeness (QED) is 0.160. The van der Waals surface area contributed by atoms with Gasteiger partial charge in [0.2, 0.25) is 11.8 Å². The summed E-state index contributed by atoms with van der Waals surface area (Å²) < 4.78 is 14.4. The van der Waals surface area contributed by atoms with Gasteiger partial charge in [0.1, 0.15) is 12.4 Å². The van der Waals surface area contributed by atoms with Crippen LogP contribution in [-0.4, -0.2) is 49.0 Å². The van der Waals surface area contributed by atoms with E-state index in [-0.39, 0.29) is 52.9 Å². The number of aromatic amines is 1. The van der Waals surface area contributed by atoms with E-state index in [0.29, 0.717) is 33.4 Å². The van der Waals surface area contributed by atoms with Crippen molar-refractivity contribution in [2.75, 3.05) is 0 Å². The first kappa shape index (κ1) is 41.5. The van der Waals surface area contributed by atoms with E-state index in [9.17, 15) is 19.2 Å². The van der Waals surface area contributed by atoms with Crippen LogP contribution in [0.15, 0.2) is 113 Å². The van der Waals surface area contributed by atoms with Gasteiger partial charge in [-0.05, 0) is 111 Å². The first-order chi connectivity index (χ1) is 29.4. The van der Waals surface area contributed by atoms with Crippen LogP contribution < -0.4 is 22.6 Å². The van der Waals surface area contributed by atoms with Crippen LogP contribution in [0.3, 0.4) is 0 Å². The molecule has 6 aromatic heterocycles. The van der Waals surface area contributed by atoms with Gasteiger partial charge in [-0.25, -0.2) is 29.5 Å². The maximum atomic E-state index is 12.7. The van der Waals surface area contributed by atoms with Gasteiger partial charge >= 0.3 is 11.5 Å². The highest BCUT2D eigenvalue weighted by atomic mass is 35.5. The number of halogens is 3. The van der Waals surface area contributed by atoms with Crippen molar-refractivity contribution in [1.82, 2.24) is 49.0 Å². The molecule has 0 aliphatic heterocycles. The zero-order chi connectivity index (χ0) is 42.8. The molecule has 2 fully saturated rings. The maximum Gasteiger partial charge on any atom is 0.437 e. The molecule has 0 unspecified atom stereocenters. The average Bonchev–Trinajstić information content (AvgIpc) is 3.77. The van der Waals surface area contributed by atoms with Gasteiger partial charge in [-0.3, -0.25) is 14.2 Å². The first-order valence-corrected chi connectivity index (χ1v) is 20.6. The molecule has 0 amide bonds. The van der Waals surface area contributed by atoms with Crippen LogP contribution in [0.1, 0.15) is 83.9 Å². The minimum atomic E-state index is -0.514. The molecule has 2 saturated carbocycles. The molecule has 312 valence electrons. The topological polar surface area (TPSA) is 202 Å². The second kappa shape index (κ2) is 17.8. The highest BCUT2D eigenvalue weighted by molar-refractivity contribution is 6.30. The van der Waals surface area contributed by atoms with E-state index in [1.165, 1.54) is 37.7 Å². The number of aromatic nitrogens is 10. The Balaban J connectivity index is 0.000000141. The first-order valence-electron chi connectivity index (χ1n) is 19.3. The second-order valence-electron chi connectivity index (χ2n) is 14.8. The third-order valence-electron chi connectivity index (χ3n) is 10.7. The summed E-state index contributed by atoms with van der Waals surface area (Å²) in [4.78, 5) is 66.8. The molecule has 0 atom stereocenters. The van der Waals surface area contributed by atoms with E-state index in [4.69, 9.17) is 43.6 Å². The standard InChI is InChI=1S/C21H18ClN5O3.C13H12Cl2N2O2.C8H7N3O/c1-12-2-7-17-19(24-12)20(28)26(11-23-17)10-18-25-27(21(29)30-18)16-8-14(9-16)13-3-5-15(22)6-4-13;14-7-12-16-17(13(18)19-12)11-5-9(6-11)8-1-3-10(15)4-2-8;1-5-2-3-6-7(11-5)8(12)10-4-9-6/h2-7,11,14,16H,8-10H2,1H3;1-4,9,11H,5-7H2;2-4H,1H3,(H,9,10,12). The van der Waals surface area contributed by atoms with Gasteiger partial charge in [0.25, 0.3) is 11.1 Å². The number of nitrogens with zero attached hydrogens (tertiary/aromatic N) is 9. The van der Waals surface area contributed by atoms with Crippen molar-refractivity contribution in [3.8, 4) is 0 Å². The number of aryl methyl sites for hydroxylation is 2. The number of H-pyrrole nitrogens is 1. The minimum Gasteiger partial charge on any atom is -0.391 e. The highest BCUT2D eigenvalue weighted by Crippen LogP contribution is 2.45. The minimum absolute atomic E-state index is 0.0208. The van der Waals surface area contributed by atoms with Crippen LogP contribution in [0.2, 0.25) is 10.0 Å². The van der Waals surface area contributed by atoms with E-state index in [1.807, 2.05) is 68.4 Å². The number of benzene rings is 2. The lowest BCUT2D eigenvalue weighted by atomic mass is 9.76. The van der Waals surface area contributed by atoms with Crippen LogP contribution in [-0.2, 0) is 12.4 Å². The van der Waals surface area contributed by atoms with E-state index >= 15 is 0 Å². The van der Waals surface area contributed by atoms with E-state index in [1.54, 1.807) is 18.2 Å². The number of hydrogen-bond acceptors (Lipinski definition) is 12. The van der Waals surface area contributed by atoms with Crippen molar-refractivity contribution in [2.45, 2.75) is 75.9 Å². The van der Waals surface area contributed by atoms with E-state index in [0.717, 1.165) is 42.1 Å². The third kappa shape index (κ3) is 9.26. The Morgan fingerprint density at radius 2 is 1.15 bits per heavy atom. The maximum absolute atomic E-state index is 12.7. The molecule has 2 aliphatic rings. The zero-order valence-electron chi connectivity index (χ0n) is 32.7. The molecule has 16 nitrogen and oxygen atoms in total. The Labute approximate surface area is 360 Å². The fourth-order valence-electron chi connectivity index (χ4n) is 7.27. The molecular formula is C42H37Cl3N10O6. The number of pyridine rings is 2. The SMILES string of the molecule is Cc1ccc2nc[nH]c(=O)c2n1.Cc1ccc2ncn(Cc3nn(C4CC(c5ccc(Cl)cc5)C4)c(=O)o3)c(=O)c2n1.O=c1oc(CCl)nn1C1CC(c2ccc(Cl)cc2)C1. The molecule has 0 bridgehead atoms. The van der Waals surface area contributed by atoms with Crippen LogP contribution >= 0.6 is 34.8 Å². The zero-order valence-corrected chi connectivity index (χ0v) is 35.0. The molecule has 2 aliphatic carbocycles. The largest absolute Gasteiger partial charge is 0.437 e. The Morgan fingerprint density at radius 3 is 1.67 bits per heavy atom. The molecule has 2 aromatic carbocycles. The lowest BCUT2D eigenvalue weighted by Gasteiger charge is -2.34. The Morgan fingerprint density at radius 1 is 0.656 bits per heavy atom. The van der Waals surface area contributed by atoms with Crippen LogP contribution in [0.5, 0.6) is 0 Å². The molecule has 0 radical (unpaired) electrons. The average molecular weight is 884 g/mol. The highest BCUT2D eigenvalue weighted by Gasteiger charge is 2.35. The van der Waals surface area contributed by atoms with Crippen LogP contribution in [0.4, 0.5) is 0 Å². The van der Waals surface area contributed by atoms with Gasteiger partial charge in [-0.15, -0.1) is 21.8 Å². The second-order valence-corrected chi connectivity index (χ2v) is 16.0. The van der Waals surface area contributed by atoms with Gasteiger partial charge in [0, 0.05) is 21.4 Å². The van der Waals surface area contributed by atoms with Gasteiger partial charge in [-0.2, -0.15) is 9.36 Å². The Kier molecular flexibility index (Phi) is 12.1. The molecule has 8 aromatic rings. The van der Waals surface area contributed by atoms with Crippen molar-refractivity contribution in [3.05, 3.63) is 172 Å². The summed E-state index contributed by atoms with van der Waals surface area (Å²) in [7, 11) is 0. The lowest BCUT2D eigenvalue weighted by Crippen LogP contribution is -2.31. The Bertz CT molecular complexity index is 3070. The summed E-state index contributed by atoms with van der Waals surface area (Å²) in [6.07, 6.45) is 6.16. The van der Waals surface area contributed by atoms with Crippen LogP contribution in [0, 0.1) is 13.8 Å². The van der Waals surface area contributed by atoms with Crippen molar-refractivity contribution in [2.24, 2.45) is 0 Å². The molecule has 10 rings (SSSR count). The molecular weight excluding hydrogens is 847 g/mol. The normalized spacial score (nSPS) is 18.0. The molecule has 0 saturated heterocycles. The monoisotopic (exact) mass is 882 g/mol. The van der Waals surface area contributed by atoms with Crippen molar-refractivity contribution in [3.63, 3.8) is 0 Å². The lowest BCUT2D eigenvalue weighted by molar-refractivity contribution is 0.233. The summed E-state index contributed by atoms with van der Waals surface area (Å²) in [5.41, 5.74) is 5.34. The molecule has 19 heteroatoms. The van der Waals surface area contributed by atoms with Crippen LogP contribution in [0.25, 0.3) is 22.1 Å². The molecule has 61 heavy (non-hydrogen) atoms. The van der Waals surface area contributed by atoms with Gasteiger partial charge in [0.05, 0.1) is 35.8 Å². The predicted molar refractivity (Wildman–Crippen MR) is 229 cm³/mol. The Hall–Kier alpha value is -6.23. The van der Waals surface area contributed by atoms with Crippen molar-refractivity contribution >= 4 is 56.9 Å². The summed E-state index contributed by atoms with van der Waals surface area (Å²) in [6, 6.07) is 22.8. The number of nitrogens with one attached hydrogen (secondary N) is 1. The number of fused-ring (bicyclic) bond motifs is 2. The summed E-state index contributed by atoms with van der Waals surface area (Å²) >= 11 is 17.4. The summed E-state index contributed by atoms with van der Waals surface area (Å²) in [5, 5.41) is 9.83. The summed E-state index contributed by atoms with van der Waals surface area (Å²) in [5.74, 6) is 0.449. The third-order valence-corrected chi connectivity index (χ3v) is 11.4. The fourth-order valence-corrected chi connectivity index (χ4v) is 7.63. The van der Waals surface area contributed by atoms with Gasteiger partial charge in [0.15, 0.2) is 11.0 Å². The van der Waals surface area contributed by atoms with Gasteiger partial charge < -0.3 is 13.8 Å². The fraction of sp³-hybridized carbons (Fsp3) is 0.286. The van der Waals surface area contributed by atoms with Gasteiger partial charge in [-0.1, -0.05) is 47.5 Å². The smallest absolute Gasteiger partial charge is 0.391 e. The predicted octanol–water partition coefficient (Wildman–Crippen LogP) is 7.04. The number of rotatable bonds is 7. The number of alkyl halides is 1. The number of hydrogen-bond donors (Lipinski definition) is 1.